The van der Waals surface area contributed by atoms with Gasteiger partial charge >= 0.3 is 0 Å². The van der Waals surface area contributed by atoms with Crippen LogP contribution >= 0.6 is 0 Å². The zero-order valence-corrected chi connectivity index (χ0v) is 11.7. The van der Waals surface area contributed by atoms with Crippen LogP contribution in [0.3, 0.4) is 0 Å². The van der Waals surface area contributed by atoms with Crippen molar-refractivity contribution in [1.82, 2.24) is 5.32 Å². The van der Waals surface area contributed by atoms with E-state index in [1.54, 1.807) is 6.92 Å². The highest BCUT2D eigenvalue weighted by Gasteiger charge is 2.17. The number of ether oxygens (including phenoxy) is 1. The number of carbonyl (C=O) groups is 1. The minimum absolute atomic E-state index is 0.0366. The van der Waals surface area contributed by atoms with E-state index < -0.39 is 6.10 Å². The molecule has 2 aromatic carbocycles. The Morgan fingerprint density at radius 2 is 1.50 bits per heavy atom. The molecule has 0 radical (unpaired) electrons. The number of hydrogen-bond acceptors (Lipinski definition) is 2. The highest BCUT2D eigenvalue weighted by atomic mass is 16.5. The second kappa shape index (κ2) is 6.75. The molecule has 1 N–H and O–H groups in total. The molecule has 2 atom stereocenters. The van der Waals surface area contributed by atoms with Crippen LogP contribution in [0.25, 0.3) is 0 Å². The van der Waals surface area contributed by atoms with Crippen molar-refractivity contribution in [3.05, 3.63) is 66.2 Å². The maximum Gasteiger partial charge on any atom is 0.261 e. The Kier molecular flexibility index (Phi) is 4.77. The Morgan fingerprint density at radius 1 is 0.950 bits per heavy atom. The van der Waals surface area contributed by atoms with Crippen LogP contribution in [-0.4, -0.2) is 12.0 Å². The highest BCUT2D eigenvalue weighted by Crippen LogP contribution is 2.13. The van der Waals surface area contributed by atoms with Crippen molar-refractivity contribution in [2.45, 2.75) is 26.0 Å². The predicted molar refractivity (Wildman–Crippen MR) is 79.5 cm³/mol. The molecule has 1 amide bonds. The fourth-order valence-electron chi connectivity index (χ4n) is 1.91. The van der Waals surface area contributed by atoms with Crippen LogP contribution in [-0.2, 0) is 4.79 Å². The van der Waals surface area contributed by atoms with Gasteiger partial charge in [0.2, 0.25) is 0 Å². The van der Waals surface area contributed by atoms with E-state index in [2.05, 4.69) is 5.32 Å². The summed E-state index contributed by atoms with van der Waals surface area (Å²) in [6, 6.07) is 19.2. The maximum absolute atomic E-state index is 12.1. The Labute approximate surface area is 119 Å². The number of nitrogens with one attached hydrogen (secondary N) is 1. The number of para-hydroxylation sites is 1. The molecule has 0 spiro atoms. The van der Waals surface area contributed by atoms with Crippen molar-refractivity contribution >= 4 is 5.91 Å². The SMILES string of the molecule is C[C@@H](Oc1ccccc1)C(=O)N[C@H](C)c1ccccc1. The molecular weight excluding hydrogens is 250 g/mol. The molecule has 104 valence electrons. The average molecular weight is 269 g/mol. The van der Waals surface area contributed by atoms with Crippen molar-refractivity contribution < 1.29 is 9.53 Å². The van der Waals surface area contributed by atoms with Gasteiger partial charge in [0.05, 0.1) is 6.04 Å². The minimum Gasteiger partial charge on any atom is -0.481 e. The van der Waals surface area contributed by atoms with Crippen LogP contribution in [0.1, 0.15) is 25.5 Å². The molecule has 0 fully saturated rings. The predicted octanol–water partition coefficient (Wildman–Crippen LogP) is 3.33. The summed E-state index contributed by atoms with van der Waals surface area (Å²) in [6.07, 6.45) is -0.524. The van der Waals surface area contributed by atoms with E-state index in [0.29, 0.717) is 5.75 Å². The molecule has 0 unspecified atom stereocenters. The minimum atomic E-state index is -0.524. The van der Waals surface area contributed by atoms with Crippen LogP contribution in [0, 0.1) is 0 Å². The van der Waals surface area contributed by atoms with Gasteiger partial charge in [-0.05, 0) is 31.5 Å². The summed E-state index contributed by atoms with van der Waals surface area (Å²) in [4.78, 5) is 12.1. The smallest absolute Gasteiger partial charge is 0.261 e. The standard InChI is InChI=1S/C17H19NO2/c1-13(15-9-5-3-6-10-15)18-17(19)14(2)20-16-11-7-4-8-12-16/h3-14H,1-2H3,(H,18,19)/t13-,14-/m1/s1. The third-order valence-corrected chi connectivity index (χ3v) is 3.08. The van der Waals surface area contributed by atoms with Crippen molar-refractivity contribution in [3.63, 3.8) is 0 Å². The summed E-state index contributed by atoms with van der Waals surface area (Å²) in [5.74, 6) is 0.577. The van der Waals surface area contributed by atoms with Crippen LogP contribution < -0.4 is 10.1 Å². The first-order valence-corrected chi connectivity index (χ1v) is 6.74. The lowest BCUT2D eigenvalue weighted by Crippen LogP contribution is -2.37. The second-order valence-corrected chi connectivity index (χ2v) is 4.71. The summed E-state index contributed by atoms with van der Waals surface area (Å²) in [6.45, 7) is 3.71. The molecule has 2 aromatic rings. The largest absolute Gasteiger partial charge is 0.481 e. The summed E-state index contributed by atoms with van der Waals surface area (Å²) in [7, 11) is 0. The van der Waals surface area contributed by atoms with Crippen LogP contribution in [0.2, 0.25) is 0 Å². The Morgan fingerprint density at radius 3 is 2.10 bits per heavy atom. The molecular formula is C17H19NO2. The van der Waals surface area contributed by atoms with Crippen molar-refractivity contribution in [2.75, 3.05) is 0 Å². The van der Waals surface area contributed by atoms with E-state index in [-0.39, 0.29) is 11.9 Å². The summed E-state index contributed by atoms with van der Waals surface area (Å²) in [5.41, 5.74) is 1.08. The molecule has 3 nitrogen and oxygen atoms in total. The average Bonchev–Trinajstić information content (AvgIpc) is 2.49. The molecule has 20 heavy (non-hydrogen) atoms. The van der Waals surface area contributed by atoms with Crippen molar-refractivity contribution in [3.8, 4) is 5.75 Å². The third kappa shape index (κ3) is 3.85. The van der Waals surface area contributed by atoms with E-state index in [0.717, 1.165) is 5.56 Å². The quantitative estimate of drug-likeness (QED) is 0.904. The van der Waals surface area contributed by atoms with Gasteiger partial charge in [0.15, 0.2) is 6.10 Å². The lowest BCUT2D eigenvalue weighted by Gasteiger charge is -2.19. The molecule has 3 heteroatoms. The summed E-state index contributed by atoms with van der Waals surface area (Å²) in [5, 5.41) is 2.95. The van der Waals surface area contributed by atoms with Gasteiger partial charge < -0.3 is 10.1 Å². The summed E-state index contributed by atoms with van der Waals surface area (Å²) >= 11 is 0. The molecule has 0 saturated heterocycles. The van der Waals surface area contributed by atoms with Gasteiger partial charge in [-0.3, -0.25) is 4.79 Å². The first-order valence-electron chi connectivity index (χ1n) is 6.74. The van der Waals surface area contributed by atoms with Crippen LogP contribution in [0.5, 0.6) is 5.75 Å². The fourth-order valence-corrected chi connectivity index (χ4v) is 1.91. The molecule has 0 aromatic heterocycles. The van der Waals surface area contributed by atoms with Gasteiger partial charge in [0.25, 0.3) is 5.91 Å². The van der Waals surface area contributed by atoms with Crippen molar-refractivity contribution in [2.24, 2.45) is 0 Å². The number of benzene rings is 2. The van der Waals surface area contributed by atoms with E-state index >= 15 is 0 Å². The normalized spacial score (nSPS) is 13.3. The van der Waals surface area contributed by atoms with Gasteiger partial charge in [0, 0.05) is 0 Å². The van der Waals surface area contributed by atoms with E-state index in [9.17, 15) is 4.79 Å². The van der Waals surface area contributed by atoms with Gasteiger partial charge in [-0.1, -0.05) is 48.5 Å². The number of rotatable bonds is 5. The van der Waals surface area contributed by atoms with Crippen LogP contribution in [0.4, 0.5) is 0 Å². The Hall–Kier alpha value is -2.29. The molecule has 0 aliphatic heterocycles. The molecule has 0 aliphatic carbocycles. The molecule has 0 saturated carbocycles. The lowest BCUT2D eigenvalue weighted by atomic mass is 10.1. The Bertz CT molecular complexity index is 539. The topological polar surface area (TPSA) is 38.3 Å². The molecule has 0 heterocycles. The van der Waals surface area contributed by atoms with Crippen LogP contribution in [0.15, 0.2) is 60.7 Å². The zero-order chi connectivity index (χ0) is 14.4. The van der Waals surface area contributed by atoms with Crippen molar-refractivity contribution in [1.29, 1.82) is 0 Å². The van der Waals surface area contributed by atoms with Gasteiger partial charge in [-0.25, -0.2) is 0 Å². The maximum atomic E-state index is 12.1. The lowest BCUT2D eigenvalue weighted by molar-refractivity contribution is -0.127. The van der Waals surface area contributed by atoms with Gasteiger partial charge in [0.1, 0.15) is 5.75 Å². The zero-order valence-electron chi connectivity index (χ0n) is 11.7. The fraction of sp³-hybridized carbons (Fsp3) is 0.235. The number of amides is 1. The molecule has 0 aliphatic rings. The van der Waals surface area contributed by atoms with E-state index in [1.165, 1.54) is 0 Å². The first kappa shape index (κ1) is 14.1. The van der Waals surface area contributed by atoms with Gasteiger partial charge in [-0.15, -0.1) is 0 Å². The van der Waals surface area contributed by atoms with Gasteiger partial charge in [-0.2, -0.15) is 0 Å². The van der Waals surface area contributed by atoms with E-state index in [4.69, 9.17) is 4.74 Å². The molecule has 2 rings (SSSR count). The Balaban J connectivity index is 1.91. The highest BCUT2D eigenvalue weighted by molar-refractivity contribution is 5.81. The molecule has 0 bridgehead atoms. The third-order valence-electron chi connectivity index (χ3n) is 3.08. The monoisotopic (exact) mass is 269 g/mol. The second-order valence-electron chi connectivity index (χ2n) is 4.71. The number of carbonyl (C=O) groups excluding carboxylic acids is 1. The summed E-state index contributed by atoms with van der Waals surface area (Å²) < 4.78 is 5.60. The first-order chi connectivity index (χ1) is 9.66. The number of hydrogen-bond donors (Lipinski definition) is 1. The van der Waals surface area contributed by atoms with E-state index in [1.807, 2.05) is 67.6 Å².